The molecule has 0 fully saturated rings. The highest BCUT2D eigenvalue weighted by Crippen LogP contribution is 2.12. The van der Waals surface area contributed by atoms with Crippen molar-refractivity contribution in [2.24, 2.45) is 0 Å². The molecule has 1 heterocycles. The summed E-state index contributed by atoms with van der Waals surface area (Å²) in [5.41, 5.74) is 5.96. The third-order valence-electron chi connectivity index (χ3n) is 2.23. The van der Waals surface area contributed by atoms with Gasteiger partial charge in [0.1, 0.15) is 6.54 Å². The summed E-state index contributed by atoms with van der Waals surface area (Å²) in [7, 11) is 0. The van der Waals surface area contributed by atoms with Crippen LogP contribution in [0.25, 0.3) is 0 Å². The van der Waals surface area contributed by atoms with Crippen LogP contribution in [0.5, 0.6) is 0 Å². The number of hydrogen-bond donors (Lipinski definition) is 2. The average Bonchev–Trinajstić information content (AvgIpc) is 2.25. The molecule has 0 radical (unpaired) electrons. The lowest BCUT2D eigenvalue weighted by molar-refractivity contribution is -0.138. The number of nitrogens with zero attached hydrogens (tertiary/aromatic N) is 2. The summed E-state index contributed by atoms with van der Waals surface area (Å²) in [6, 6.07) is 2.93. The van der Waals surface area contributed by atoms with E-state index >= 15 is 0 Å². The van der Waals surface area contributed by atoms with Crippen LogP contribution in [-0.2, 0) is 4.79 Å². The maximum Gasteiger partial charge on any atom is 0.323 e. The highest BCUT2D eigenvalue weighted by atomic mass is 16.4. The smallest absolute Gasteiger partial charge is 0.323 e. The third kappa shape index (κ3) is 3.17. The van der Waals surface area contributed by atoms with Crippen LogP contribution in [0, 0.1) is 0 Å². The molecule has 0 aromatic carbocycles. The molecule has 6 heteroatoms. The van der Waals surface area contributed by atoms with Crippen LogP contribution in [0.2, 0.25) is 0 Å². The van der Waals surface area contributed by atoms with E-state index in [0.717, 1.165) is 0 Å². The number of aromatic nitrogens is 1. The lowest BCUT2D eigenvalue weighted by Gasteiger charge is -2.24. The lowest BCUT2D eigenvalue weighted by atomic mass is 10.2. The first kappa shape index (κ1) is 13.0. The Morgan fingerprint density at radius 2 is 2.18 bits per heavy atom. The maximum absolute atomic E-state index is 12.1. The topological polar surface area (TPSA) is 96.5 Å². The zero-order valence-electron chi connectivity index (χ0n) is 9.75. The van der Waals surface area contributed by atoms with Crippen molar-refractivity contribution < 1.29 is 14.7 Å². The van der Waals surface area contributed by atoms with Crippen LogP contribution in [0.15, 0.2) is 18.3 Å². The minimum atomic E-state index is -1.07. The summed E-state index contributed by atoms with van der Waals surface area (Å²) in [6.45, 7) is 3.10. The molecule has 0 spiro atoms. The highest BCUT2D eigenvalue weighted by Gasteiger charge is 2.23. The number of carboxylic acid groups (broad SMARTS) is 1. The zero-order chi connectivity index (χ0) is 13.0. The molecule has 17 heavy (non-hydrogen) atoms. The number of carbonyl (C=O) groups is 2. The summed E-state index contributed by atoms with van der Waals surface area (Å²) in [5, 5.41) is 8.75. The predicted molar refractivity (Wildman–Crippen MR) is 62.5 cm³/mol. The van der Waals surface area contributed by atoms with Gasteiger partial charge in [-0.15, -0.1) is 0 Å². The number of hydrogen-bond acceptors (Lipinski definition) is 4. The Hall–Kier alpha value is -2.11. The van der Waals surface area contributed by atoms with Gasteiger partial charge in [-0.05, 0) is 26.0 Å². The maximum atomic E-state index is 12.1. The van der Waals surface area contributed by atoms with Crippen molar-refractivity contribution in [2.45, 2.75) is 19.9 Å². The summed E-state index contributed by atoms with van der Waals surface area (Å²) in [6.07, 6.45) is 1.45. The fourth-order valence-corrected chi connectivity index (χ4v) is 1.37. The van der Waals surface area contributed by atoms with Crippen LogP contribution in [-0.4, -0.2) is 39.5 Å². The summed E-state index contributed by atoms with van der Waals surface area (Å²) >= 11 is 0. The quantitative estimate of drug-likeness (QED) is 0.799. The largest absolute Gasteiger partial charge is 0.480 e. The molecule has 0 aliphatic rings. The molecular formula is C11H15N3O3. The number of anilines is 1. The van der Waals surface area contributed by atoms with Crippen LogP contribution in [0.3, 0.4) is 0 Å². The number of carbonyl (C=O) groups excluding carboxylic acids is 1. The molecule has 1 aromatic heterocycles. The molecular weight excluding hydrogens is 222 g/mol. The monoisotopic (exact) mass is 237 g/mol. The SMILES string of the molecule is CC(C)N(CC(=O)O)C(=O)c1ncccc1N. The molecule has 6 nitrogen and oxygen atoms in total. The van der Waals surface area contributed by atoms with Gasteiger partial charge in [0.2, 0.25) is 0 Å². The van der Waals surface area contributed by atoms with Gasteiger partial charge in [-0.2, -0.15) is 0 Å². The van der Waals surface area contributed by atoms with E-state index in [9.17, 15) is 9.59 Å². The van der Waals surface area contributed by atoms with Crippen molar-refractivity contribution >= 4 is 17.6 Å². The molecule has 1 rings (SSSR count). The second-order valence-corrected chi connectivity index (χ2v) is 3.86. The van der Waals surface area contributed by atoms with Gasteiger partial charge in [-0.3, -0.25) is 9.59 Å². The molecule has 1 amide bonds. The molecule has 0 unspecified atom stereocenters. The van der Waals surface area contributed by atoms with Gasteiger partial charge in [0.25, 0.3) is 5.91 Å². The second-order valence-electron chi connectivity index (χ2n) is 3.86. The van der Waals surface area contributed by atoms with Gasteiger partial charge in [-0.25, -0.2) is 4.98 Å². The zero-order valence-corrected chi connectivity index (χ0v) is 9.75. The fraction of sp³-hybridized carbons (Fsp3) is 0.364. The summed E-state index contributed by atoms with van der Waals surface area (Å²) in [4.78, 5) is 27.8. The third-order valence-corrected chi connectivity index (χ3v) is 2.23. The van der Waals surface area contributed by atoms with Crippen molar-refractivity contribution in [2.75, 3.05) is 12.3 Å². The molecule has 0 saturated heterocycles. The minimum Gasteiger partial charge on any atom is -0.480 e. The molecule has 1 aromatic rings. The molecule has 0 atom stereocenters. The predicted octanol–water partition coefficient (Wildman–Crippen LogP) is 0.599. The first-order valence-electron chi connectivity index (χ1n) is 5.16. The molecule has 3 N–H and O–H groups in total. The number of nitrogens with two attached hydrogens (primary N) is 1. The normalized spacial score (nSPS) is 10.3. The molecule has 0 aliphatic carbocycles. The van der Waals surface area contributed by atoms with E-state index in [2.05, 4.69) is 4.98 Å². The number of aliphatic carboxylic acids is 1. The number of pyridine rings is 1. The number of carboxylic acids is 1. The van der Waals surface area contributed by atoms with Crippen LogP contribution in [0.1, 0.15) is 24.3 Å². The van der Waals surface area contributed by atoms with Gasteiger partial charge < -0.3 is 15.7 Å². The van der Waals surface area contributed by atoms with Gasteiger partial charge in [0.15, 0.2) is 5.69 Å². The van der Waals surface area contributed by atoms with E-state index in [4.69, 9.17) is 10.8 Å². The second kappa shape index (κ2) is 5.29. The minimum absolute atomic E-state index is 0.0856. The molecule has 0 bridgehead atoms. The Labute approximate surface area is 99.1 Å². The van der Waals surface area contributed by atoms with Gasteiger partial charge in [0.05, 0.1) is 5.69 Å². The van der Waals surface area contributed by atoms with E-state index in [-0.39, 0.29) is 24.0 Å². The van der Waals surface area contributed by atoms with Crippen LogP contribution < -0.4 is 5.73 Å². The van der Waals surface area contributed by atoms with E-state index < -0.39 is 11.9 Å². The van der Waals surface area contributed by atoms with Crippen molar-refractivity contribution in [1.82, 2.24) is 9.88 Å². The Morgan fingerprint density at radius 3 is 2.65 bits per heavy atom. The number of nitrogen functional groups attached to an aromatic ring is 1. The van der Waals surface area contributed by atoms with Crippen molar-refractivity contribution in [3.8, 4) is 0 Å². The molecule has 0 saturated carbocycles. The Kier molecular flexibility index (Phi) is 4.03. The van der Waals surface area contributed by atoms with Crippen molar-refractivity contribution in [3.63, 3.8) is 0 Å². The summed E-state index contributed by atoms with van der Waals surface area (Å²) < 4.78 is 0. The molecule has 0 aliphatic heterocycles. The first-order chi connectivity index (χ1) is 7.93. The number of amides is 1. The Balaban J connectivity index is 3.00. The highest BCUT2D eigenvalue weighted by molar-refractivity contribution is 5.98. The summed E-state index contributed by atoms with van der Waals surface area (Å²) in [5.74, 6) is -1.54. The Bertz CT molecular complexity index is 432. The van der Waals surface area contributed by atoms with Gasteiger partial charge in [-0.1, -0.05) is 0 Å². The average molecular weight is 237 g/mol. The van der Waals surface area contributed by atoms with E-state index in [1.807, 2.05) is 0 Å². The van der Waals surface area contributed by atoms with Gasteiger partial charge in [0, 0.05) is 12.2 Å². The molecule has 92 valence electrons. The van der Waals surface area contributed by atoms with Gasteiger partial charge >= 0.3 is 5.97 Å². The van der Waals surface area contributed by atoms with Crippen LogP contribution >= 0.6 is 0 Å². The Morgan fingerprint density at radius 1 is 1.53 bits per heavy atom. The van der Waals surface area contributed by atoms with E-state index in [1.165, 1.54) is 11.1 Å². The lowest BCUT2D eigenvalue weighted by Crippen LogP contribution is -2.41. The van der Waals surface area contributed by atoms with Crippen LogP contribution in [0.4, 0.5) is 5.69 Å². The van der Waals surface area contributed by atoms with Crippen molar-refractivity contribution in [3.05, 3.63) is 24.0 Å². The number of rotatable bonds is 4. The fourth-order valence-electron chi connectivity index (χ4n) is 1.37. The first-order valence-corrected chi connectivity index (χ1v) is 5.16. The van der Waals surface area contributed by atoms with Crippen molar-refractivity contribution in [1.29, 1.82) is 0 Å². The van der Waals surface area contributed by atoms with E-state index in [1.54, 1.807) is 26.0 Å². The van der Waals surface area contributed by atoms with E-state index in [0.29, 0.717) is 0 Å². The standard InChI is InChI=1S/C11H15N3O3/c1-7(2)14(6-9(15)16)11(17)10-8(12)4-3-5-13-10/h3-5,7H,6,12H2,1-2H3,(H,15,16).